The zero-order valence-electron chi connectivity index (χ0n) is 12.4. The molecule has 0 bridgehead atoms. The Morgan fingerprint density at radius 3 is 2.52 bits per heavy atom. The lowest BCUT2D eigenvalue weighted by Gasteiger charge is -2.07. The fourth-order valence-corrected chi connectivity index (χ4v) is 2.54. The molecule has 1 aromatic carbocycles. The van der Waals surface area contributed by atoms with Gasteiger partial charge in [-0.1, -0.05) is 30.7 Å². The summed E-state index contributed by atoms with van der Waals surface area (Å²) in [5.74, 6) is 0. The summed E-state index contributed by atoms with van der Waals surface area (Å²) in [6.45, 7) is 6.35. The SMILES string of the molecule is CCc1nn(CC)c(CNCc2ccc(C#N)cc2)c1Cl. The number of nitrogens with zero attached hydrogens (tertiary/aromatic N) is 3. The van der Waals surface area contributed by atoms with E-state index in [1.807, 2.05) is 28.9 Å². The molecule has 0 saturated heterocycles. The van der Waals surface area contributed by atoms with Gasteiger partial charge in [0.2, 0.25) is 0 Å². The molecule has 21 heavy (non-hydrogen) atoms. The van der Waals surface area contributed by atoms with Gasteiger partial charge in [-0.2, -0.15) is 10.4 Å². The van der Waals surface area contributed by atoms with E-state index >= 15 is 0 Å². The number of hydrogen-bond donors (Lipinski definition) is 1. The second-order valence-electron chi connectivity index (χ2n) is 4.79. The molecule has 1 aromatic heterocycles. The van der Waals surface area contributed by atoms with Crippen molar-refractivity contribution >= 4 is 11.6 Å². The summed E-state index contributed by atoms with van der Waals surface area (Å²) in [4.78, 5) is 0. The Balaban J connectivity index is 1.99. The molecule has 0 spiro atoms. The topological polar surface area (TPSA) is 53.6 Å². The second kappa shape index (κ2) is 7.26. The maximum absolute atomic E-state index is 8.78. The predicted molar refractivity (Wildman–Crippen MR) is 84.0 cm³/mol. The van der Waals surface area contributed by atoms with E-state index in [1.165, 1.54) is 0 Å². The van der Waals surface area contributed by atoms with Gasteiger partial charge in [-0.05, 0) is 31.0 Å². The van der Waals surface area contributed by atoms with Crippen LogP contribution in [0.4, 0.5) is 0 Å². The van der Waals surface area contributed by atoms with Crippen molar-refractivity contribution < 1.29 is 0 Å². The second-order valence-corrected chi connectivity index (χ2v) is 5.17. The molecule has 0 aliphatic carbocycles. The van der Waals surface area contributed by atoms with E-state index < -0.39 is 0 Å². The van der Waals surface area contributed by atoms with Gasteiger partial charge in [0.1, 0.15) is 0 Å². The van der Waals surface area contributed by atoms with Crippen LogP contribution >= 0.6 is 11.6 Å². The first-order valence-corrected chi connectivity index (χ1v) is 7.51. The Bertz CT molecular complexity index is 638. The predicted octanol–water partition coefficient (Wildman–Crippen LogP) is 3.28. The van der Waals surface area contributed by atoms with E-state index in [0.717, 1.165) is 41.5 Å². The van der Waals surface area contributed by atoms with Gasteiger partial charge in [0.15, 0.2) is 0 Å². The summed E-state index contributed by atoms with van der Waals surface area (Å²) in [7, 11) is 0. The first kappa shape index (κ1) is 15.6. The summed E-state index contributed by atoms with van der Waals surface area (Å²) >= 11 is 6.37. The first-order chi connectivity index (χ1) is 10.2. The van der Waals surface area contributed by atoms with Crippen LogP contribution in [-0.4, -0.2) is 9.78 Å². The molecule has 0 aliphatic heterocycles. The average Bonchev–Trinajstić information content (AvgIpc) is 2.84. The van der Waals surface area contributed by atoms with Gasteiger partial charge in [0.25, 0.3) is 0 Å². The van der Waals surface area contributed by atoms with Gasteiger partial charge in [-0.3, -0.25) is 4.68 Å². The molecular formula is C16H19ClN4. The van der Waals surface area contributed by atoms with E-state index in [4.69, 9.17) is 16.9 Å². The third-order valence-electron chi connectivity index (χ3n) is 3.40. The summed E-state index contributed by atoms with van der Waals surface area (Å²) < 4.78 is 1.95. The maximum atomic E-state index is 8.78. The normalized spacial score (nSPS) is 10.6. The van der Waals surface area contributed by atoms with Crippen molar-refractivity contribution in [2.45, 2.75) is 39.9 Å². The molecule has 0 saturated carbocycles. The smallest absolute Gasteiger partial charge is 0.0991 e. The summed E-state index contributed by atoms with van der Waals surface area (Å²) in [6, 6.07) is 9.70. The Hall–Kier alpha value is -1.83. The minimum Gasteiger partial charge on any atom is -0.307 e. The van der Waals surface area contributed by atoms with Gasteiger partial charge in [-0.25, -0.2) is 0 Å². The van der Waals surface area contributed by atoms with Crippen LogP contribution in [0.25, 0.3) is 0 Å². The van der Waals surface area contributed by atoms with Crippen LogP contribution in [0, 0.1) is 11.3 Å². The number of aryl methyl sites for hydroxylation is 2. The molecule has 0 atom stereocenters. The quantitative estimate of drug-likeness (QED) is 0.891. The van der Waals surface area contributed by atoms with Crippen molar-refractivity contribution in [2.24, 2.45) is 0 Å². The summed E-state index contributed by atoms with van der Waals surface area (Å²) in [6.07, 6.45) is 0.842. The molecule has 0 radical (unpaired) electrons. The number of hydrogen-bond acceptors (Lipinski definition) is 3. The van der Waals surface area contributed by atoms with E-state index in [-0.39, 0.29) is 0 Å². The number of nitrogens with one attached hydrogen (secondary N) is 1. The van der Waals surface area contributed by atoms with E-state index in [0.29, 0.717) is 12.1 Å². The fourth-order valence-electron chi connectivity index (χ4n) is 2.21. The highest BCUT2D eigenvalue weighted by Crippen LogP contribution is 2.21. The molecule has 2 aromatic rings. The van der Waals surface area contributed by atoms with Gasteiger partial charge in [0, 0.05) is 19.6 Å². The first-order valence-electron chi connectivity index (χ1n) is 7.13. The lowest BCUT2D eigenvalue weighted by atomic mass is 10.1. The highest BCUT2D eigenvalue weighted by Gasteiger charge is 2.13. The molecule has 1 heterocycles. The fraction of sp³-hybridized carbons (Fsp3) is 0.375. The van der Waals surface area contributed by atoms with Crippen LogP contribution < -0.4 is 5.32 Å². The number of halogens is 1. The van der Waals surface area contributed by atoms with Crippen LogP contribution in [0.5, 0.6) is 0 Å². The van der Waals surface area contributed by atoms with Crippen molar-refractivity contribution in [2.75, 3.05) is 0 Å². The van der Waals surface area contributed by atoms with Crippen molar-refractivity contribution in [1.29, 1.82) is 5.26 Å². The Labute approximate surface area is 130 Å². The van der Waals surface area contributed by atoms with Gasteiger partial charge >= 0.3 is 0 Å². The molecule has 1 N–H and O–H groups in total. The molecule has 2 rings (SSSR count). The van der Waals surface area contributed by atoms with Crippen molar-refractivity contribution in [3.05, 3.63) is 51.8 Å². The van der Waals surface area contributed by atoms with Crippen LogP contribution in [0.3, 0.4) is 0 Å². The molecule has 0 aliphatic rings. The van der Waals surface area contributed by atoms with Crippen molar-refractivity contribution in [1.82, 2.24) is 15.1 Å². The zero-order chi connectivity index (χ0) is 15.2. The van der Waals surface area contributed by atoms with Crippen molar-refractivity contribution in [3.63, 3.8) is 0 Å². The average molecular weight is 303 g/mol. The van der Waals surface area contributed by atoms with E-state index in [2.05, 4.69) is 30.3 Å². The van der Waals surface area contributed by atoms with E-state index in [1.54, 1.807) is 0 Å². The third kappa shape index (κ3) is 3.63. The van der Waals surface area contributed by atoms with Crippen LogP contribution in [0.1, 0.15) is 36.4 Å². The number of aromatic nitrogens is 2. The van der Waals surface area contributed by atoms with Crippen LogP contribution in [0.2, 0.25) is 5.02 Å². The zero-order valence-corrected chi connectivity index (χ0v) is 13.1. The number of benzene rings is 1. The molecule has 0 fully saturated rings. The molecule has 5 heteroatoms. The lowest BCUT2D eigenvalue weighted by molar-refractivity contribution is 0.577. The Morgan fingerprint density at radius 2 is 1.95 bits per heavy atom. The van der Waals surface area contributed by atoms with Gasteiger partial charge in [-0.15, -0.1) is 0 Å². The highest BCUT2D eigenvalue weighted by molar-refractivity contribution is 6.31. The minimum absolute atomic E-state index is 0.679. The maximum Gasteiger partial charge on any atom is 0.0991 e. The van der Waals surface area contributed by atoms with Gasteiger partial charge in [0.05, 0.1) is 28.0 Å². The largest absolute Gasteiger partial charge is 0.307 e. The van der Waals surface area contributed by atoms with Crippen LogP contribution in [-0.2, 0) is 26.1 Å². The Morgan fingerprint density at radius 1 is 1.24 bits per heavy atom. The highest BCUT2D eigenvalue weighted by atomic mass is 35.5. The third-order valence-corrected chi connectivity index (χ3v) is 3.84. The van der Waals surface area contributed by atoms with E-state index in [9.17, 15) is 0 Å². The number of nitriles is 1. The van der Waals surface area contributed by atoms with Crippen molar-refractivity contribution in [3.8, 4) is 6.07 Å². The molecule has 0 unspecified atom stereocenters. The molecular weight excluding hydrogens is 284 g/mol. The van der Waals surface area contributed by atoms with Gasteiger partial charge < -0.3 is 5.32 Å². The Kier molecular flexibility index (Phi) is 5.38. The summed E-state index contributed by atoms with van der Waals surface area (Å²) in [5, 5.41) is 17.4. The molecule has 4 nitrogen and oxygen atoms in total. The minimum atomic E-state index is 0.679. The monoisotopic (exact) mass is 302 g/mol. The summed E-state index contributed by atoms with van der Waals surface area (Å²) in [5.41, 5.74) is 3.81. The standard InChI is InChI=1S/C16H19ClN4/c1-3-14-16(17)15(21(4-2)20-14)11-19-10-13-7-5-12(9-18)6-8-13/h5-8,19H,3-4,10-11H2,1-2H3. The lowest BCUT2D eigenvalue weighted by Crippen LogP contribution is -2.16. The molecule has 110 valence electrons. The molecule has 0 amide bonds. The number of rotatable bonds is 6. The van der Waals surface area contributed by atoms with Crippen LogP contribution in [0.15, 0.2) is 24.3 Å².